The number of anilines is 1. The van der Waals surface area contributed by atoms with Gasteiger partial charge >= 0.3 is 0 Å². The van der Waals surface area contributed by atoms with E-state index >= 15 is 0 Å². The van der Waals surface area contributed by atoms with Gasteiger partial charge in [0, 0.05) is 44.5 Å². The van der Waals surface area contributed by atoms with Crippen molar-refractivity contribution in [2.75, 3.05) is 32.1 Å². The van der Waals surface area contributed by atoms with Gasteiger partial charge in [0.2, 0.25) is 5.91 Å². The molecule has 0 radical (unpaired) electrons. The van der Waals surface area contributed by atoms with E-state index in [1.807, 2.05) is 78.5 Å². The van der Waals surface area contributed by atoms with Crippen molar-refractivity contribution in [1.29, 1.82) is 0 Å². The Balaban J connectivity index is 1.53. The van der Waals surface area contributed by atoms with E-state index in [-0.39, 0.29) is 23.8 Å². The SMILES string of the molecule is CCC(C(=O)N1CCC(NC(=O)c2ccc(N(C)C)cc2)CC1)c1ccccc1. The Morgan fingerprint density at radius 3 is 2.21 bits per heavy atom. The highest BCUT2D eigenvalue weighted by atomic mass is 16.2. The first-order chi connectivity index (χ1) is 14.0. The van der Waals surface area contributed by atoms with Crippen molar-refractivity contribution in [3.05, 3.63) is 65.7 Å². The Labute approximate surface area is 173 Å². The van der Waals surface area contributed by atoms with E-state index in [0.717, 1.165) is 30.5 Å². The second-order valence-electron chi connectivity index (χ2n) is 7.89. The highest BCUT2D eigenvalue weighted by Crippen LogP contribution is 2.24. The number of carbonyl (C=O) groups excluding carboxylic acids is 2. The smallest absolute Gasteiger partial charge is 0.251 e. The summed E-state index contributed by atoms with van der Waals surface area (Å²) in [7, 11) is 3.95. The first-order valence-corrected chi connectivity index (χ1v) is 10.4. The standard InChI is InChI=1S/C24H31N3O2/c1-4-22(18-8-6-5-7-9-18)24(29)27-16-14-20(15-17-27)25-23(28)19-10-12-21(13-11-19)26(2)3/h5-13,20,22H,4,14-17H2,1-3H3,(H,25,28). The molecule has 0 saturated carbocycles. The summed E-state index contributed by atoms with van der Waals surface area (Å²) in [5.41, 5.74) is 2.82. The zero-order valence-electron chi connectivity index (χ0n) is 17.6. The molecule has 1 aliphatic heterocycles. The first-order valence-electron chi connectivity index (χ1n) is 10.4. The third-order valence-corrected chi connectivity index (χ3v) is 5.70. The molecular formula is C24H31N3O2. The fraction of sp³-hybridized carbons (Fsp3) is 0.417. The molecule has 1 atom stereocenters. The van der Waals surface area contributed by atoms with Crippen molar-refractivity contribution < 1.29 is 9.59 Å². The van der Waals surface area contributed by atoms with Crippen LogP contribution in [0.4, 0.5) is 5.69 Å². The van der Waals surface area contributed by atoms with Crippen LogP contribution in [0, 0.1) is 0 Å². The number of piperidine rings is 1. The number of hydrogen-bond acceptors (Lipinski definition) is 3. The fourth-order valence-electron chi connectivity index (χ4n) is 3.88. The number of nitrogens with one attached hydrogen (secondary N) is 1. The molecule has 0 aromatic heterocycles. The average Bonchev–Trinajstić information content (AvgIpc) is 2.75. The number of amides is 2. The van der Waals surface area contributed by atoms with E-state index in [9.17, 15) is 9.59 Å². The summed E-state index contributed by atoms with van der Waals surface area (Å²) in [4.78, 5) is 29.5. The van der Waals surface area contributed by atoms with E-state index in [4.69, 9.17) is 0 Å². The summed E-state index contributed by atoms with van der Waals surface area (Å²) in [6, 6.07) is 17.7. The Bertz CT molecular complexity index is 810. The van der Waals surface area contributed by atoms with E-state index in [2.05, 4.69) is 12.2 Å². The molecule has 1 fully saturated rings. The van der Waals surface area contributed by atoms with Crippen molar-refractivity contribution in [3.63, 3.8) is 0 Å². The first kappa shape index (κ1) is 20.9. The summed E-state index contributed by atoms with van der Waals surface area (Å²) < 4.78 is 0. The molecule has 1 aliphatic rings. The van der Waals surface area contributed by atoms with Gasteiger partial charge in [0.25, 0.3) is 5.91 Å². The Hall–Kier alpha value is -2.82. The third kappa shape index (κ3) is 5.17. The molecule has 1 heterocycles. The van der Waals surface area contributed by atoms with Gasteiger partial charge in [-0.1, -0.05) is 37.3 Å². The lowest BCUT2D eigenvalue weighted by atomic mass is 9.93. The Kier molecular flexibility index (Phi) is 6.91. The molecule has 29 heavy (non-hydrogen) atoms. The number of benzene rings is 2. The fourth-order valence-corrected chi connectivity index (χ4v) is 3.88. The predicted octanol–water partition coefficient (Wildman–Crippen LogP) is 3.67. The molecule has 3 rings (SSSR count). The highest BCUT2D eigenvalue weighted by Gasteiger charge is 2.28. The van der Waals surface area contributed by atoms with Crippen molar-refractivity contribution >= 4 is 17.5 Å². The number of rotatable bonds is 6. The molecule has 1 saturated heterocycles. The summed E-state index contributed by atoms with van der Waals surface area (Å²) in [6.07, 6.45) is 2.37. The second kappa shape index (κ2) is 9.59. The molecule has 0 spiro atoms. The summed E-state index contributed by atoms with van der Waals surface area (Å²) >= 11 is 0. The van der Waals surface area contributed by atoms with Crippen LogP contribution in [0.5, 0.6) is 0 Å². The van der Waals surface area contributed by atoms with Crippen LogP contribution in [0.15, 0.2) is 54.6 Å². The van der Waals surface area contributed by atoms with Crippen molar-refractivity contribution in [2.45, 2.75) is 38.1 Å². The maximum absolute atomic E-state index is 13.0. The van der Waals surface area contributed by atoms with Gasteiger partial charge in [-0.25, -0.2) is 0 Å². The summed E-state index contributed by atoms with van der Waals surface area (Å²) in [6.45, 7) is 3.43. The third-order valence-electron chi connectivity index (χ3n) is 5.70. The lowest BCUT2D eigenvalue weighted by molar-refractivity contribution is -0.134. The van der Waals surface area contributed by atoms with Crippen LogP contribution in [0.2, 0.25) is 0 Å². The molecule has 5 nitrogen and oxygen atoms in total. The van der Waals surface area contributed by atoms with Crippen LogP contribution in [-0.4, -0.2) is 49.9 Å². The van der Waals surface area contributed by atoms with Gasteiger partial charge in [-0.3, -0.25) is 9.59 Å². The minimum Gasteiger partial charge on any atom is -0.378 e. The number of carbonyl (C=O) groups is 2. The Morgan fingerprint density at radius 1 is 1.03 bits per heavy atom. The minimum atomic E-state index is -0.0856. The minimum absolute atomic E-state index is 0.0456. The van der Waals surface area contributed by atoms with Gasteiger partial charge in [0.1, 0.15) is 0 Å². The maximum atomic E-state index is 13.0. The van der Waals surface area contributed by atoms with Gasteiger partial charge in [0.05, 0.1) is 5.92 Å². The average molecular weight is 394 g/mol. The van der Waals surface area contributed by atoms with Gasteiger partial charge < -0.3 is 15.1 Å². The quantitative estimate of drug-likeness (QED) is 0.815. The van der Waals surface area contributed by atoms with E-state index < -0.39 is 0 Å². The van der Waals surface area contributed by atoms with Crippen LogP contribution in [0.3, 0.4) is 0 Å². The predicted molar refractivity (Wildman–Crippen MR) is 117 cm³/mol. The zero-order valence-corrected chi connectivity index (χ0v) is 17.6. The molecule has 2 amide bonds. The largest absolute Gasteiger partial charge is 0.378 e. The number of likely N-dealkylation sites (tertiary alicyclic amines) is 1. The molecule has 1 unspecified atom stereocenters. The summed E-state index contributed by atoms with van der Waals surface area (Å²) in [5, 5.41) is 3.13. The molecule has 0 aliphatic carbocycles. The molecule has 5 heteroatoms. The normalized spacial score (nSPS) is 15.6. The van der Waals surface area contributed by atoms with Crippen LogP contribution in [0.1, 0.15) is 48.0 Å². The van der Waals surface area contributed by atoms with Crippen LogP contribution in [0.25, 0.3) is 0 Å². The molecule has 2 aromatic rings. The zero-order chi connectivity index (χ0) is 20.8. The second-order valence-corrected chi connectivity index (χ2v) is 7.89. The van der Waals surface area contributed by atoms with E-state index in [0.29, 0.717) is 18.7 Å². The lowest BCUT2D eigenvalue weighted by Gasteiger charge is -2.34. The number of nitrogens with zero attached hydrogens (tertiary/aromatic N) is 2. The highest BCUT2D eigenvalue weighted by molar-refractivity contribution is 5.94. The van der Waals surface area contributed by atoms with Crippen molar-refractivity contribution in [3.8, 4) is 0 Å². The van der Waals surface area contributed by atoms with Gasteiger partial charge in [-0.05, 0) is 49.1 Å². The lowest BCUT2D eigenvalue weighted by Crippen LogP contribution is -2.47. The topological polar surface area (TPSA) is 52.7 Å². The molecule has 0 bridgehead atoms. The molecule has 1 N–H and O–H groups in total. The number of hydrogen-bond donors (Lipinski definition) is 1. The monoisotopic (exact) mass is 393 g/mol. The molecule has 154 valence electrons. The molecular weight excluding hydrogens is 362 g/mol. The van der Waals surface area contributed by atoms with Crippen LogP contribution >= 0.6 is 0 Å². The summed E-state index contributed by atoms with van der Waals surface area (Å²) in [5.74, 6) is 0.0658. The maximum Gasteiger partial charge on any atom is 0.251 e. The van der Waals surface area contributed by atoms with Gasteiger partial charge in [-0.2, -0.15) is 0 Å². The van der Waals surface area contributed by atoms with Gasteiger partial charge in [0.15, 0.2) is 0 Å². The van der Waals surface area contributed by atoms with Crippen molar-refractivity contribution in [2.24, 2.45) is 0 Å². The molecule has 2 aromatic carbocycles. The van der Waals surface area contributed by atoms with Crippen LogP contribution < -0.4 is 10.2 Å². The van der Waals surface area contributed by atoms with E-state index in [1.165, 1.54) is 0 Å². The van der Waals surface area contributed by atoms with Crippen molar-refractivity contribution in [1.82, 2.24) is 10.2 Å². The van der Waals surface area contributed by atoms with Gasteiger partial charge in [-0.15, -0.1) is 0 Å². The van der Waals surface area contributed by atoms with Crippen LogP contribution in [-0.2, 0) is 4.79 Å². The van der Waals surface area contributed by atoms with E-state index in [1.54, 1.807) is 0 Å². The Morgan fingerprint density at radius 2 is 1.66 bits per heavy atom.